The number of hydrogen-bond donors (Lipinski definition) is 2. The first-order chi connectivity index (χ1) is 10.1. The van der Waals surface area contributed by atoms with Crippen molar-refractivity contribution in [3.63, 3.8) is 0 Å². The number of carboxylic acids is 1. The highest BCUT2D eigenvalue weighted by Gasteiger charge is 2.52. The maximum atomic E-state index is 12.7. The molecule has 1 aromatic rings. The van der Waals surface area contributed by atoms with E-state index < -0.39 is 17.4 Å². The molecule has 2 aliphatic rings. The van der Waals surface area contributed by atoms with Gasteiger partial charge in [-0.25, -0.2) is 0 Å². The van der Waals surface area contributed by atoms with E-state index in [1.54, 1.807) is 17.1 Å². The lowest BCUT2D eigenvalue weighted by atomic mass is 10.0. The minimum atomic E-state index is -0.885. The molecule has 0 aromatic heterocycles. The summed E-state index contributed by atoms with van der Waals surface area (Å²) in [7, 11) is 0. The van der Waals surface area contributed by atoms with Gasteiger partial charge in [0, 0.05) is 18.8 Å². The molecule has 21 heavy (non-hydrogen) atoms. The summed E-state index contributed by atoms with van der Waals surface area (Å²) in [4.78, 5) is 25.4. The number of anilines is 1. The Balaban J connectivity index is 1.70. The van der Waals surface area contributed by atoms with Crippen LogP contribution in [0.3, 0.4) is 0 Å². The van der Waals surface area contributed by atoms with Gasteiger partial charge in [-0.2, -0.15) is 0 Å². The number of para-hydroxylation sites is 1. The van der Waals surface area contributed by atoms with Crippen molar-refractivity contribution < 1.29 is 14.7 Å². The molecule has 0 saturated heterocycles. The van der Waals surface area contributed by atoms with Gasteiger partial charge in [0.2, 0.25) is 5.91 Å². The molecule has 0 spiro atoms. The van der Waals surface area contributed by atoms with Gasteiger partial charge in [0.15, 0.2) is 0 Å². The molecule has 1 aliphatic carbocycles. The summed E-state index contributed by atoms with van der Waals surface area (Å²) in [6, 6.07) is 9.65. The SMILES string of the molecule is O=C(O)C1C=CCN(C(=O)C2(Nc3ccccc3)CC2)C1. The Morgan fingerprint density at radius 1 is 1.24 bits per heavy atom. The van der Waals surface area contributed by atoms with E-state index in [0.29, 0.717) is 6.54 Å². The minimum Gasteiger partial charge on any atom is -0.481 e. The third kappa shape index (κ3) is 2.77. The molecule has 5 nitrogen and oxygen atoms in total. The van der Waals surface area contributed by atoms with E-state index in [0.717, 1.165) is 18.5 Å². The zero-order valence-corrected chi connectivity index (χ0v) is 11.7. The van der Waals surface area contributed by atoms with E-state index in [4.69, 9.17) is 5.11 Å². The zero-order valence-electron chi connectivity index (χ0n) is 11.7. The molecule has 1 atom stereocenters. The molecule has 1 heterocycles. The highest BCUT2D eigenvalue weighted by Crippen LogP contribution is 2.41. The molecule has 0 bridgehead atoms. The first kappa shape index (κ1) is 13.7. The van der Waals surface area contributed by atoms with Crippen molar-refractivity contribution in [3.8, 4) is 0 Å². The number of rotatable bonds is 4. The third-order valence-corrected chi connectivity index (χ3v) is 4.03. The van der Waals surface area contributed by atoms with Crippen LogP contribution in [0.2, 0.25) is 0 Å². The quantitative estimate of drug-likeness (QED) is 0.827. The van der Waals surface area contributed by atoms with Crippen molar-refractivity contribution in [2.45, 2.75) is 18.4 Å². The molecule has 1 aromatic carbocycles. The standard InChI is InChI=1S/C16H18N2O3/c19-14(20)12-5-4-10-18(11-12)15(21)16(8-9-16)17-13-6-2-1-3-7-13/h1-7,12,17H,8-11H2,(H,19,20). The molecule has 1 unspecified atom stereocenters. The highest BCUT2D eigenvalue weighted by atomic mass is 16.4. The van der Waals surface area contributed by atoms with Crippen molar-refractivity contribution in [1.82, 2.24) is 4.90 Å². The molecule has 1 saturated carbocycles. The van der Waals surface area contributed by atoms with Crippen LogP contribution >= 0.6 is 0 Å². The lowest BCUT2D eigenvalue weighted by Gasteiger charge is -2.31. The second-order valence-corrected chi connectivity index (χ2v) is 5.66. The summed E-state index contributed by atoms with van der Waals surface area (Å²) in [6.07, 6.45) is 5.01. The second kappa shape index (κ2) is 5.24. The van der Waals surface area contributed by atoms with E-state index in [-0.39, 0.29) is 12.5 Å². The predicted octanol–water partition coefficient (Wildman–Crippen LogP) is 1.73. The number of carboxylic acid groups (broad SMARTS) is 1. The van der Waals surface area contributed by atoms with Crippen LogP contribution < -0.4 is 5.32 Å². The van der Waals surface area contributed by atoms with Crippen molar-refractivity contribution >= 4 is 17.6 Å². The molecule has 1 aliphatic heterocycles. The fraction of sp³-hybridized carbons (Fsp3) is 0.375. The van der Waals surface area contributed by atoms with Crippen molar-refractivity contribution in [3.05, 3.63) is 42.5 Å². The molecular formula is C16H18N2O3. The number of nitrogens with zero attached hydrogens (tertiary/aromatic N) is 1. The Morgan fingerprint density at radius 3 is 2.57 bits per heavy atom. The number of amides is 1. The Hall–Kier alpha value is -2.30. The molecule has 110 valence electrons. The van der Waals surface area contributed by atoms with E-state index >= 15 is 0 Å². The monoisotopic (exact) mass is 286 g/mol. The summed E-state index contributed by atoms with van der Waals surface area (Å²) >= 11 is 0. The minimum absolute atomic E-state index is 0.00181. The van der Waals surface area contributed by atoms with E-state index in [9.17, 15) is 9.59 Å². The molecule has 5 heteroatoms. The second-order valence-electron chi connectivity index (χ2n) is 5.66. The van der Waals surface area contributed by atoms with Crippen LogP contribution in [0.1, 0.15) is 12.8 Å². The van der Waals surface area contributed by atoms with Crippen molar-refractivity contribution in [2.24, 2.45) is 5.92 Å². The highest BCUT2D eigenvalue weighted by molar-refractivity contribution is 5.93. The van der Waals surface area contributed by atoms with Crippen molar-refractivity contribution in [2.75, 3.05) is 18.4 Å². The maximum Gasteiger partial charge on any atom is 0.312 e. The van der Waals surface area contributed by atoms with Gasteiger partial charge >= 0.3 is 5.97 Å². The molecule has 1 amide bonds. The summed E-state index contributed by atoms with van der Waals surface area (Å²) in [5.41, 5.74) is 0.376. The Kier molecular flexibility index (Phi) is 3.41. The largest absolute Gasteiger partial charge is 0.481 e. The van der Waals surface area contributed by atoms with Gasteiger partial charge in [-0.1, -0.05) is 30.4 Å². The lowest BCUT2D eigenvalue weighted by molar-refractivity contribution is -0.142. The Labute approximate surface area is 123 Å². The maximum absolute atomic E-state index is 12.7. The summed E-state index contributed by atoms with van der Waals surface area (Å²) < 4.78 is 0. The van der Waals surface area contributed by atoms with E-state index in [2.05, 4.69) is 5.32 Å². The normalized spacial score (nSPS) is 22.7. The van der Waals surface area contributed by atoms with Gasteiger partial charge < -0.3 is 15.3 Å². The third-order valence-electron chi connectivity index (χ3n) is 4.03. The molecule has 0 radical (unpaired) electrons. The van der Waals surface area contributed by atoms with E-state index in [1.807, 2.05) is 30.3 Å². The fourth-order valence-electron chi connectivity index (χ4n) is 2.67. The Morgan fingerprint density at radius 2 is 1.95 bits per heavy atom. The topological polar surface area (TPSA) is 69.6 Å². The van der Waals surface area contributed by atoms with Gasteiger partial charge in [-0.05, 0) is 25.0 Å². The zero-order chi connectivity index (χ0) is 14.9. The van der Waals surface area contributed by atoms with Crippen LogP contribution in [0.4, 0.5) is 5.69 Å². The molecular weight excluding hydrogens is 268 g/mol. The number of carbonyl (C=O) groups excluding carboxylic acids is 1. The van der Waals surface area contributed by atoms with Crippen LogP contribution in [0, 0.1) is 5.92 Å². The average molecular weight is 286 g/mol. The van der Waals surface area contributed by atoms with E-state index in [1.165, 1.54) is 0 Å². The average Bonchev–Trinajstić information content (AvgIpc) is 3.28. The van der Waals surface area contributed by atoms with Crippen LogP contribution in [-0.2, 0) is 9.59 Å². The predicted molar refractivity (Wildman–Crippen MR) is 78.9 cm³/mol. The van der Waals surface area contributed by atoms with Gasteiger partial charge in [0.25, 0.3) is 0 Å². The van der Waals surface area contributed by atoms with Crippen LogP contribution in [-0.4, -0.2) is 40.5 Å². The smallest absolute Gasteiger partial charge is 0.312 e. The molecule has 3 rings (SSSR count). The van der Waals surface area contributed by atoms with Gasteiger partial charge in [0.05, 0.1) is 5.92 Å². The Bertz CT molecular complexity index is 578. The van der Waals surface area contributed by atoms with Crippen LogP contribution in [0.5, 0.6) is 0 Å². The number of benzene rings is 1. The number of hydrogen-bond acceptors (Lipinski definition) is 3. The van der Waals surface area contributed by atoms with Gasteiger partial charge in [0.1, 0.15) is 5.54 Å². The lowest BCUT2D eigenvalue weighted by Crippen LogP contribution is -2.48. The summed E-state index contributed by atoms with van der Waals surface area (Å²) in [5, 5.41) is 12.4. The van der Waals surface area contributed by atoms with Gasteiger partial charge in [-0.3, -0.25) is 9.59 Å². The number of nitrogens with one attached hydrogen (secondary N) is 1. The first-order valence-corrected chi connectivity index (χ1v) is 7.13. The molecule has 1 fully saturated rings. The van der Waals surface area contributed by atoms with Crippen molar-refractivity contribution in [1.29, 1.82) is 0 Å². The summed E-state index contributed by atoms with van der Waals surface area (Å²) in [6.45, 7) is 0.740. The summed E-state index contributed by atoms with van der Waals surface area (Å²) in [5.74, 6) is -1.48. The van der Waals surface area contributed by atoms with Gasteiger partial charge in [-0.15, -0.1) is 0 Å². The van der Waals surface area contributed by atoms with Crippen LogP contribution in [0.15, 0.2) is 42.5 Å². The fourth-order valence-corrected chi connectivity index (χ4v) is 2.67. The van der Waals surface area contributed by atoms with Crippen LogP contribution in [0.25, 0.3) is 0 Å². The number of carbonyl (C=O) groups is 2. The first-order valence-electron chi connectivity index (χ1n) is 7.13. The number of aliphatic carboxylic acids is 1. The molecule has 2 N–H and O–H groups in total.